The van der Waals surface area contributed by atoms with Gasteiger partial charge in [-0.05, 0) is 35.2 Å². The van der Waals surface area contributed by atoms with Crippen LogP contribution in [-0.4, -0.2) is 56.6 Å². The largest absolute Gasteiger partial charge is 0.481 e. The summed E-state index contributed by atoms with van der Waals surface area (Å²) in [6, 6.07) is 38.6. The van der Waals surface area contributed by atoms with E-state index in [9.17, 15) is 4.79 Å². The van der Waals surface area contributed by atoms with Crippen LogP contribution in [-0.2, 0) is 17.9 Å². The van der Waals surface area contributed by atoms with Gasteiger partial charge in [0.15, 0.2) is 0 Å². The predicted octanol–water partition coefficient (Wildman–Crippen LogP) is 6.48. The summed E-state index contributed by atoms with van der Waals surface area (Å²) in [7, 11) is 0. The highest BCUT2D eigenvalue weighted by Crippen LogP contribution is 2.30. The van der Waals surface area contributed by atoms with E-state index >= 15 is 0 Å². The zero-order valence-corrected chi connectivity index (χ0v) is 23.3. The molecule has 0 radical (unpaired) electrons. The minimum Gasteiger partial charge on any atom is -0.481 e. The van der Waals surface area contributed by atoms with Gasteiger partial charge >= 0.3 is 5.97 Å². The van der Waals surface area contributed by atoms with Gasteiger partial charge in [-0.3, -0.25) is 14.6 Å². The number of aliphatic carboxylic acids is 1. The van der Waals surface area contributed by atoms with Gasteiger partial charge in [-0.1, -0.05) is 97.1 Å². The fourth-order valence-corrected chi connectivity index (χ4v) is 6.02. The molecule has 0 amide bonds. The average Bonchev–Trinajstić information content (AvgIpc) is 3.37. The Morgan fingerprint density at radius 1 is 0.780 bits per heavy atom. The van der Waals surface area contributed by atoms with Crippen molar-refractivity contribution >= 4 is 17.0 Å². The molecule has 1 aliphatic rings. The molecule has 0 bridgehead atoms. The molecular weight excluding hydrogens is 508 g/mol. The molecular formula is C35H36N4O2. The summed E-state index contributed by atoms with van der Waals surface area (Å²) in [5.41, 5.74) is 6.99. The zero-order chi connectivity index (χ0) is 28.0. The van der Waals surface area contributed by atoms with Gasteiger partial charge in [0, 0.05) is 51.3 Å². The second-order valence-electron chi connectivity index (χ2n) is 10.8. The molecule has 2 heterocycles. The van der Waals surface area contributed by atoms with Crippen LogP contribution in [0.4, 0.5) is 0 Å². The number of carboxylic acids is 1. The molecule has 41 heavy (non-hydrogen) atoms. The summed E-state index contributed by atoms with van der Waals surface area (Å²) >= 11 is 0. The number of hydrogen-bond donors (Lipinski definition) is 1. The van der Waals surface area contributed by atoms with Gasteiger partial charge in [-0.15, -0.1) is 0 Å². The van der Waals surface area contributed by atoms with Crippen LogP contribution in [0.1, 0.15) is 35.6 Å². The van der Waals surface area contributed by atoms with E-state index in [-0.39, 0.29) is 12.5 Å². The van der Waals surface area contributed by atoms with Crippen molar-refractivity contribution in [2.24, 2.45) is 0 Å². The number of aromatic nitrogens is 2. The third-order valence-corrected chi connectivity index (χ3v) is 8.03. The van der Waals surface area contributed by atoms with Crippen molar-refractivity contribution in [2.75, 3.05) is 26.2 Å². The average molecular weight is 545 g/mol. The molecule has 1 aliphatic heterocycles. The van der Waals surface area contributed by atoms with Crippen molar-refractivity contribution in [3.8, 4) is 11.4 Å². The summed E-state index contributed by atoms with van der Waals surface area (Å²) in [6.45, 7) is 5.54. The Labute approximate surface area is 241 Å². The predicted molar refractivity (Wildman–Crippen MR) is 164 cm³/mol. The standard InChI is InChI=1S/C35H36N4O2/c40-33(41)17-10-20-39-32-19-18-27(25-31(32)36-35(39)30-15-8-3-9-16-30)26-37-21-23-38(24-22-37)34(28-11-4-1-5-12-28)29-13-6-2-7-14-29/h1-9,11-16,18-19,25,34H,10,17,20-24,26H2,(H,40,41). The molecule has 1 aromatic heterocycles. The van der Waals surface area contributed by atoms with E-state index in [1.165, 1.54) is 16.7 Å². The first kappa shape index (κ1) is 26.9. The van der Waals surface area contributed by atoms with E-state index in [4.69, 9.17) is 10.1 Å². The monoisotopic (exact) mass is 544 g/mol. The molecule has 5 aromatic rings. The number of rotatable bonds is 10. The van der Waals surface area contributed by atoms with Gasteiger partial charge in [0.2, 0.25) is 0 Å². The van der Waals surface area contributed by atoms with Gasteiger partial charge < -0.3 is 9.67 Å². The lowest BCUT2D eigenvalue weighted by atomic mass is 9.96. The SMILES string of the molecule is O=C(O)CCCn1c(-c2ccccc2)nc2cc(CN3CCN(C(c4ccccc4)c4ccccc4)CC3)ccc21. The minimum absolute atomic E-state index is 0.146. The number of nitrogens with zero attached hydrogens (tertiary/aromatic N) is 4. The molecule has 1 saturated heterocycles. The Hall–Kier alpha value is -4.26. The molecule has 0 unspecified atom stereocenters. The Bertz CT molecular complexity index is 1540. The molecule has 1 N–H and O–H groups in total. The normalized spacial score (nSPS) is 14.6. The molecule has 6 rings (SSSR count). The first-order valence-corrected chi connectivity index (χ1v) is 14.5. The van der Waals surface area contributed by atoms with Crippen LogP contribution in [0.5, 0.6) is 0 Å². The van der Waals surface area contributed by atoms with Crippen LogP contribution in [0.3, 0.4) is 0 Å². The molecule has 0 aliphatic carbocycles. The number of imidazole rings is 1. The van der Waals surface area contributed by atoms with Crippen LogP contribution < -0.4 is 0 Å². The van der Waals surface area contributed by atoms with Crippen LogP contribution in [0, 0.1) is 0 Å². The van der Waals surface area contributed by atoms with Crippen LogP contribution in [0.15, 0.2) is 109 Å². The summed E-state index contributed by atoms with van der Waals surface area (Å²) in [4.78, 5) is 21.3. The fraction of sp³-hybridized carbons (Fsp3) is 0.257. The van der Waals surface area contributed by atoms with Crippen molar-refractivity contribution in [3.63, 3.8) is 0 Å². The smallest absolute Gasteiger partial charge is 0.303 e. The molecule has 0 saturated carbocycles. The molecule has 6 nitrogen and oxygen atoms in total. The van der Waals surface area contributed by atoms with Crippen molar-refractivity contribution in [1.29, 1.82) is 0 Å². The Morgan fingerprint density at radius 3 is 2.00 bits per heavy atom. The molecule has 0 spiro atoms. The van der Waals surface area contributed by atoms with Gasteiger partial charge in [0.05, 0.1) is 17.1 Å². The highest BCUT2D eigenvalue weighted by Gasteiger charge is 2.26. The third-order valence-electron chi connectivity index (χ3n) is 8.03. The van der Waals surface area contributed by atoms with Crippen LogP contribution in [0.2, 0.25) is 0 Å². The summed E-state index contributed by atoms with van der Waals surface area (Å²) in [5, 5.41) is 9.16. The number of aryl methyl sites for hydroxylation is 1. The number of piperazine rings is 1. The second kappa shape index (κ2) is 12.5. The number of benzene rings is 4. The minimum atomic E-state index is -0.767. The fourth-order valence-electron chi connectivity index (χ4n) is 6.02. The first-order chi connectivity index (χ1) is 20.2. The second-order valence-corrected chi connectivity index (χ2v) is 10.8. The molecule has 208 valence electrons. The van der Waals surface area contributed by atoms with E-state index in [1.807, 2.05) is 18.2 Å². The van der Waals surface area contributed by atoms with Crippen molar-refractivity contribution < 1.29 is 9.90 Å². The number of carbonyl (C=O) groups is 1. The van der Waals surface area contributed by atoms with E-state index in [0.717, 1.165) is 55.1 Å². The van der Waals surface area contributed by atoms with Gasteiger partial charge in [-0.25, -0.2) is 4.98 Å². The van der Waals surface area contributed by atoms with Gasteiger partial charge in [-0.2, -0.15) is 0 Å². The molecule has 4 aromatic carbocycles. The van der Waals surface area contributed by atoms with Crippen molar-refractivity contribution in [2.45, 2.75) is 32.0 Å². The van der Waals surface area contributed by atoms with Crippen molar-refractivity contribution in [3.05, 3.63) is 126 Å². The summed E-state index contributed by atoms with van der Waals surface area (Å²) in [5.74, 6) is 0.126. The maximum atomic E-state index is 11.1. The third kappa shape index (κ3) is 6.24. The lowest BCUT2D eigenvalue weighted by Crippen LogP contribution is -2.47. The van der Waals surface area contributed by atoms with E-state index in [1.54, 1.807) is 0 Å². The van der Waals surface area contributed by atoms with Gasteiger partial charge in [0.1, 0.15) is 5.82 Å². The first-order valence-electron chi connectivity index (χ1n) is 14.5. The van der Waals surface area contributed by atoms with Gasteiger partial charge in [0.25, 0.3) is 0 Å². The number of fused-ring (bicyclic) bond motifs is 1. The summed E-state index contributed by atoms with van der Waals surface area (Å²) in [6.07, 6.45) is 0.715. The maximum Gasteiger partial charge on any atom is 0.303 e. The maximum absolute atomic E-state index is 11.1. The van der Waals surface area contributed by atoms with Crippen LogP contribution >= 0.6 is 0 Å². The number of carboxylic acid groups (broad SMARTS) is 1. The lowest BCUT2D eigenvalue weighted by Gasteiger charge is -2.39. The number of hydrogen-bond acceptors (Lipinski definition) is 4. The molecule has 6 heteroatoms. The Morgan fingerprint density at radius 2 is 1.39 bits per heavy atom. The zero-order valence-electron chi connectivity index (χ0n) is 23.3. The topological polar surface area (TPSA) is 61.6 Å². The highest BCUT2D eigenvalue weighted by atomic mass is 16.4. The van der Waals surface area contributed by atoms with Crippen molar-refractivity contribution in [1.82, 2.24) is 19.4 Å². The van der Waals surface area contributed by atoms with E-state index in [0.29, 0.717) is 13.0 Å². The quantitative estimate of drug-likeness (QED) is 0.218. The van der Waals surface area contributed by atoms with Crippen LogP contribution in [0.25, 0.3) is 22.4 Å². The molecule has 0 atom stereocenters. The van der Waals surface area contributed by atoms with E-state index in [2.05, 4.69) is 105 Å². The summed E-state index contributed by atoms with van der Waals surface area (Å²) < 4.78 is 2.17. The Balaban J connectivity index is 1.18. The lowest BCUT2D eigenvalue weighted by molar-refractivity contribution is -0.137. The molecule has 1 fully saturated rings. The Kier molecular flexibility index (Phi) is 8.21. The highest BCUT2D eigenvalue weighted by molar-refractivity contribution is 5.81. The van der Waals surface area contributed by atoms with E-state index < -0.39 is 5.97 Å².